The number of nitrogens with one attached hydrogen (secondary N) is 1. The number of anilines is 1. The summed E-state index contributed by atoms with van der Waals surface area (Å²) in [6.07, 6.45) is 0. The molecule has 0 spiro atoms. The van der Waals surface area contributed by atoms with Gasteiger partial charge < -0.3 is 0 Å². The molecule has 1 N–H and O–H groups in total. The molecule has 0 aliphatic rings. The highest BCUT2D eigenvalue weighted by Crippen LogP contribution is 2.25. The number of hydrogen-bond acceptors (Lipinski definition) is 5. The molecular weight excluding hydrogens is 398 g/mol. The number of benzene rings is 2. The average molecular weight is 414 g/mol. The molecule has 2 aromatic heterocycles. The quantitative estimate of drug-likeness (QED) is 0.548. The van der Waals surface area contributed by atoms with E-state index < -0.39 is 10.0 Å². The molecule has 142 valence electrons. The molecular formula is C19H16ClN5O2S. The van der Waals surface area contributed by atoms with E-state index in [9.17, 15) is 8.42 Å². The fourth-order valence-corrected chi connectivity index (χ4v) is 4.40. The fourth-order valence-electron chi connectivity index (χ4n) is 2.83. The van der Waals surface area contributed by atoms with E-state index in [4.69, 9.17) is 11.6 Å². The van der Waals surface area contributed by atoms with Crippen LogP contribution in [0.4, 0.5) is 5.69 Å². The Hall–Kier alpha value is -2.97. The highest BCUT2D eigenvalue weighted by Gasteiger charge is 2.17. The molecule has 4 aromatic rings. The zero-order valence-corrected chi connectivity index (χ0v) is 16.7. The van der Waals surface area contributed by atoms with Crippen molar-refractivity contribution in [2.24, 2.45) is 0 Å². The highest BCUT2D eigenvalue weighted by molar-refractivity contribution is 7.92. The van der Waals surface area contributed by atoms with Crippen molar-refractivity contribution in [2.45, 2.75) is 18.7 Å². The predicted octanol–water partition coefficient (Wildman–Crippen LogP) is 3.86. The molecule has 9 heteroatoms. The topological polar surface area (TPSA) is 89.2 Å². The van der Waals surface area contributed by atoms with Gasteiger partial charge in [0.25, 0.3) is 10.0 Å². The van der Waals surface area contributed by atoms with Crippen molar-refractivity contribution in [1.29, 1.82) is 0 Å². The van der Waals surface area contributed by atoms with Crippen LogP contribution in [0.5, 0.6) is 0 Å². The smallest absolute Gasteiger partial charge is 0.262 e. The van der Waals surface area contributed by atoms with E-state index in [-0.39, 0.29) is 4.90 Å². The molecule has 4 rings (SSSR count). The first kappa shape index (κ1) is 18.4. The summed E-state index contributed by atoms with van der Waals surface area (Å²) >= 11 is 5.95. The monoisotopic (exact) mass is 413 g/mol. The standard InChI is InChI=1S/C19H16ClN5O2S/c1-12-3-6-15(20)11-18(12)28(26,27)24-16-7-4-14(5-8-16)17-9-10-19-22-21-13(2)25(19)23-17/h3-11,24H,1-2H3. The Morgan fingerprint density at radius 3 is 2.46 bits per heavy atom. The maximum Gasteiger partial charge on any atom is 0.262 e. The lowest BCUT2D eigenvalue weighted by atomic mass is 10.1. The van der Waals surface area contributed by atoms with Crippen LogP contribution < -0.4 is 4.72 Å². The van der Waals surface area contributed by atoms with Crippen LogP contribution >= 0.6 is 11.6 Å². The summed E-state index contributed by atoms with van der Waals surface area (Å²) in [6, 6.07) is 15.4. The molecule has 7 nitrogen and oxygen atoms in total. The summed E-state index contributed by atoms with van der Waals surface area (Å²) in [6.45, 7) is 3.55. The lowest BCUT2D eigenvalue weighted by Gasteiger charge is -2.11. The summed E-state index contributed by atoms with van der Waals surface area (Å²) < 4.78 is 29.6. The van der Waals surface area contributed by atoms with E-state index >= 15 is 0 Å². The summed E-state index contributed by atoms with van der Waals surface area (Å²) in [4.78, 5) is 0.152. The lowest BCUT2D eigenvalue weighted by molar-refractivity contribution is 0.600. The van der Waals surface area contributed by atoms with E-state index in [2.05, 4.69) is 20.0 Å². The third-order valence-electron chi connectivity index (χ3n) is 4.29. The predicted molar refractivity (Wildman–Crippen MR) is 108 cm³/mol. The van der Waals surface area contributed by atoms with Gasteiger partial charge in [0.1, 0.15) is 0 Å². The second-order valence-electron chi connectivity index (χ2n) is 6.33. The number of hydrogen-bond donors (Lipinski definition) is 1. The first-order valence-corrected chi connectivity index (χ1v) is 10.3. The number of nitrogens with zero attached hydrogens (tertiary/aromatic N) is 4. The van der Waals surface area contributed by atoms with Crippen molar-refractivity contribution in [3.8, 4) is 11.3 Å². The molecule has 0 aliphatic carbocycles. The number of fused-ring (bicyclic) bond motifs is 1. The molecule has 0 saturated heterocycles. The van der Waals surface area contributed by atoms with Gasteiger partial charge in [-0.3, -0.25) is 4.72 Å². The second-order valence-corrected chi connectivity index (χ2v) is 8.42. The van der Waals surface area contributed by atoms with Crippen LogP contribution in [0.1, 0.15) is 11.4 Å². The Morgan fingerprint density at radius 2 is 1.71 bits per heavy atom. The minimum atomic E-state index is -3.74. The lowest BCUT2D eigenvalue weighted by Crippen LogP contribution is -2.14. The highest BCUT2D eigenvalue weighted by atomic mass is 35.5. The van der Waals surface area contributed by atoms with E-state index in [1.165, 1.54) is 6.07 Å². The summed E-state index contributed by atoms with van der Waals surface area (Å²) in [7, 11) is -3.74. The summed E-state index contributed by atoms with van der Waals surface area (Å²) in [5.41, 5.74) is 3.31. The van der Waals surface area contributed by atoms with Gasteiger partial charge in [-0.25, -0.2) is 8.42 Å². The number of aromatic nitrogens is 4. The minimum Gasteiger partial charge on any atom is -0.280 e. The maximum atomic E-state index is 12.7. The van der Waals surface area contributed by atoms with Crippen LogP contribution in [-0.4, -0.2) is 28.2 Å². The van der Waals surface area contributed by atoms with Gasteiger partial charge in [0.15, 0.2) is 11.5 Å². The van der Waals surface area contributed by atoms with Gasteiger partial charge in [0.05, 0.1) is 10.6 Å². The van der Waals surface area contributed by atoms with Crippen molar-refractivity contribution in [2.75, 3.05) is 4.72 Å². The zero-order chi connectivity index (χ0) is 19.9. The van der Waals surface area contributed by atoms with E-state index in [1.54, 1.807) is 47.8 Å². The second kappa shape index (κ2) is 6.88. The van der Waals surface area contributed by atoms with Crippen LogP contribution in [0.3, 0.4) is 0 Å². The Labute approximate surface area is 167 Å². The molecule has 0 unspecified atom stereocenters. The number of sulfonamides is 1. The SMILES string of the molecule is Cc1ccc(Cl)cc1S(=O)(=O)Nc1ccc(-c2ccc3nnc(C)n3n2)cc1. The van der Waals surface area contributed by atoms with Crippen LogP contribution in [0.2, 0.25) is 5.02 Å². The molecule has 0 atom stereocenters. The minimum absolute atomic E-state index is 0.152. The molecule has 0 radical (unpaired) electrons. The van der Waals surface area contributed by atoms with Crippen molar-refractivity contribution in [1.82, 2.24) is 19.8 Å². The Morgan fingerprint density at radius 1 is 0.964 bits per heavy atom. The zero-order valence-electron chi connectivity index (χ0n) is 15.1. The summed E-state index contributed by atoms with van der Waals surface area (Å²) in [5, 5.41) is 12.9. The normalized spacial score (nSPS) is 11.7. The van der Waals surface area contributed by atoms with E-state index in [1.807, 2.05) is 19.1 Å². The third-order valence-corrected chi connectivity index (χ3v) is 6.05. The molecule has 2 heterocycles. The van der Waals surface area contributed by atoms with Crippen LogP contribution in [0.25, 0.3) is 16.9 Å². The fraction of sp³-hybridized carbons (Fsp3) is 0.105. The van der Waals surface area contributed by atoms with E-state index in [0.717, 1.165) is 11.3 Å². The first-order chi connectivity index (χ1) is 13.3. The van der Waals surface area contributed by atoms with Gasteiger partial charge in [-0.05, 0) is 55.8 Å². The van der Waals surface area contributed by atoms with E-state index in [0.29, 0.717) is 27.7 Å². The first-order valence-electron chi connectivity index (χ1n) is 8.42. The van der Waals surface area contributed by atoms with Gasteiger partial charge in [0, 0.05) is 16.3 Å². The van der Waals surface area contributed by atoms with Crippen LogP contribution in [0.15, 0.2) is 59.5 Å². The number of halogens is 1. The molecule has 0 aliphatic heterocycles. The third kappa shape index (κ3) is 3.44. The van der Waals surface area contributed by atoms with Crippen molar-refractivity contribution in [3.63, 3.8) is 0 Å². The van der Waals surface area contributed by atoms with Crippen LogP contribution in [0, 0.1) is 13.8 Å². The molecule has 2 aromatic carbocycles. The van der Waals surface area contributed by atoms with Crippen molar-refractivity contribution < 1.29 is 8.42 Å². The van der Waals surface area contributed by atoms with Crippen molar-refractivity contribution in [3.05, 3.63) is 71.0 Å². The molecule has 0 fully saturated rings. The largest absolute Gasteiger partial charge is 0.280 e. The Balaban J connectivity index is 1.62. The molecule has 0 amide bonds. The number of aryl methyl sites for hydroxylation is 2. The van der Waals surface area contributed by atoms with Gasteiger partial charge in [-0.1, -0.05) is 29.8 Å². The van der Waals surface area contributed by atoms with Gasteiger partial charge in [-0.2, -0.15) is 9.61 Å². The van der Waals surface area contributed by atoms with Gasteiger partial charge >= 0.3 is 0 Å². The molecule has 28 heavy (non-hydrogen) atoms. The summed E-state index contributed by atoms with van der Waals surface area (Å²) in [5.74, 6) is 0.693. The molecule has 0 saturated carbocycles. The number of rotatable bonds is 4. The average Bonchev–Trinajstić information content (AvgIpc) is 3.04. The Bertz CT molecular complexity index is 1280. The van der Waals surface area contributed by atoms with Gasteiger partial charge in [0.2, 0.25) is 0 Å². The van der Waals surface area contributed by atoms with Crippen molar-refractivity contribution >= 4 is 33.0 Å². The molecule has 0 bridgehead atoms. The van der Waals surface area contributed by atoms with Crippen LogP contribution in [-0.2, 0) is 10.0 Å². The maximum absolute atomic E-state index is 12.7. The van der Waals surface area contributed by atoms with Gasteiger partial charge in [-0.15, -0.1) is 10.2 Å². The Kier molecular flexibility index (Phi) is 4.52.